The van der Waals surface area contributed by atoms with Gasteiger partial charge in [-0.15, -0.1) is 0 Å². The summed E-state index contributed by atoms with van der Waals surface area (Å²) in [7, 11) is 0. The highest BCUT2D eigenvalue weighted by Crippen LogP contribution is 2.41. The van der Waals surface area contributed by atoms with Gasteiger partial charge in [0.1, 0.15) is 18.0 Å². The molecule has 6 heteroatoms. The molecular formula is C26H36O6. The van der Waals surface area contributed by atoms with Crippen LogP contribution < -0.4 is 0 Å². The van der Waals surface area contributed by atoms with Gasteiger partial charge < -0.3 is 9.47 Å². The summed E-state index contributed by atoms with van der Waals surface area (Å²) in [6, 6.07) is 6.52. The second kappa shape index (κ2) is 10.9. The van der Waals surface area contributed by atoms with E-state index in [1.165, 1.54) is 20.3 Å². The molecule has 1 atom stereocenters. The van der Waals surface area contributed by atoms with E-state index in [9.17, 15) is 19.2 Å². The summed E-state index contributed by atoms with van der Waals surface area (Å²) < 4.78 is 11.2. The molecule has 1 aromatic carbocycles. The SMILES string of the molecule is CCC(CC)(OC(=O)C(C)(COC(=O)C(=O)c1ccc(C)cc1)C(C)=O)C1CCCCC1. The number of Topliss-reactive ketones (excluding diaryl/α,β-unsaturated/α-hetero) is 2. The van der Waals surface area contributed by atoms with E-state index in [4.69, 9.17) is 9.47 Å². The van der Waals surface area contributed by atoms with Gasteiger partial charge in [0, 0.05) is 5.56 Å². The molecule has 0 radical (unpaired) electrons. The molecule has 32 heavy (non-hydrogen) atoms. The predicted octanol–water partition coefficient (Wildman–Crippen LogP) is 5.00. The van der Waals surface area contributed by atoms with Crippen molar-refractivity contribution < 1.29 is 28.7 Å². The van der Waals surface area contributed by atoms with E-state index in [-0.39, 0.29) is 11.5 Å². The van der Waals surface area contributed by atoms with Crippen LogP contribution in [-0.4, -0.2) is 35.7 Å². The first-order valence-corrected chi connectivity index (χ1v) is 11.6. The number of benzene rings is 1. The van der Waals surface area contributed by atoms with E-state index >= 15 is 0 Å². The quantitative estimate of drug-likeness (QED) is 0.218. The Kier molecular flexibility index (Phi) is 8.76. The molecule has 0 aromatic heterocycles. The molecule has 0 bridgehead atoms. The Labute approximate surface area is 191 Å². The Morgan fingerprint density at radius 2 is 1.53 bits per heavy atom. The molecule has 0 heterocycles. The average molecular weight is 445 g/mol. The van der Waals surface area contributed by atoms with Gasteiger partial charge in [0.2, 0.25) is 0 Å². The van der Waals surface area contributed by atoms with Crippen LogP contribution in [0.15, 0.2) is 24.3 Å². The van der Waals surface area contributed by atoms with Crippen molar-refractivity contribution in [2.45, 2.75) is 85.2 Å². The first-order chi connectivity index (χ1) is 15.1. The van der Waals surface area contributed by atoms with Crippen molar-refractivity contribution in [2.75, 3.05) is 6.61 Å². The number of carbonyl (C=O) groups excluding carboxylic acids is 4. The Morgan fingerprint density at radius 1 is 0.969 bits per heavy atom. The zero-order valence-electron chi connectivity index (χ0n) is 20.0. The van der Waals surface area contributed by atoms with Gasteiger partial charge in [0.05, 0.1) is 0 Å². The molecule has 176 valence electrons. The molecule has 6 nitrogen and oxygen atoms in total. The highest BCUT2D eigenvalue weighted by molar-refractivity contribution is 6.40. The molecule has 2 rings (SSSR count). The number of hydrogen-bond donors (Lipinski definition) is 0. The minimum atomic E-state index is -1.67. The van der Waals surface area contributed by atoms with Gasteiger partial charge in [-0.3, -0.25) is 14.4 Å². The molecule has 0 N–H and O–H groups in total. The van der Waals surface area contributed by atoms with E-state index in [1.807, 2.05) is 20.8 Å². The van der Waals surface area contributed by atoms with Gasteiger partial charge in [-0.25, -0.2) is 4.79 Å². The number of rotatable bonds is 10. The normalized spacial score (nSPS) is 16.7. The molecule has 0 aliphatic heterocycles. The number of aryl methyl sites for hydroxylation is 1. The van der Waals surface area contributed by atoms with Crippen LogP contribution in [0.4, 0.5) is 0 Å². The lowest BCUT2D eigenvalue weighted by molar-refractivity contribution is -0.185. The second-order valence-corrected chi connectivity index (χ2v) is 9.16. The van der Waals surface area contributed by atoms with Crippen molar-refractivity contribution in [3.8, 4) is 0 Å². The third kappa shape index (κ3) is 5.64. The molecule has 1 aromatic rings. The summed E-state index contributed by atoms with van der Waals surface area (Å²) in [5.74, 6) is -2.84. The van der Waals surface area contributed by atoms with Gasteiger partial charge in [0.15, 0.2) is 5.41 Å². The maximum atomic E-state index is 13.3. The lowest BCUT2D eigenvalue weighted by Gasteiger charge is -2.42. The van der Waals surface area contributed by atoms with Crippen molar-refractivity contribution in [3.05, 3.63) is 35.4 Å². The molecule has 1 aliphatic carbocycles. The van der Waals surface area contributed by atoms with Gasteiger partial charge in [-0.2, -0.15) is 0 Å². The van der Waals surface area contributed by atoms with Crippen LogP contribution in [0.2, 0.25) is 0 Å². The molecule has 1 saturated carbocycles. The Balaban J connectivity index is 2.14. The maximum absolute atomic E-state index is 13.3. The highest BCUT2D eigenvalue weighted by Gasteiger charge is 2.48. The fraction of sp³-hybridized carbons (Fsp3) is 0.615. The van der Waals surface area contributed by atoms with Crippen molar-refractivity contribution in [1.29, 1.82) is 0 Å². The topological polar surface area (TPSA) is 86.7 Å². The summed E-state index contributed by atoms with van der Waals surface area (Å²) in [6.45, 7) is 8.02. The minimum Gasteiger partial charge on any atom is -0.458 e. The molecule has 1 aliphatic rings. The average Bonchev–Trinajstić information content (AvgIpc) is 2.81. The summed E-state index contributed by atoms with van der Waals surface area (Å²) in [5, 5.41) is 0. The summed E-state index contributed by atoms with van der Waals surface area (Å²) in [5.41, 5.74) is -1.17. The largest absolute Gasteiger partial charge is 0.458 e. The first kappa shape index (κ1) is 25.8. The van der Waals surface area contributed by atoms with Crippen LogP contribution in [0.25, 0.3) is 0 Å². The summed E-state index contributed by atoms with van der Waals surface area (Å²) in [6.07, 6.45) is 6.68. The predicted molar refractivity (Wildman–Crippen MR) is 121 cm³/mol. The summed E-state index contributed by atoms with van der Waals surface area (Å²) in [4.78, 5) is 50.4. The van der Waals surface area contributed by atoms with Crippen LogP contribution in [0, 0.1) is 18.3 Å². The minimum absolute atomic E-state index is 0.195. The first-order valence-electron chi connectivity index (χ1n) is 11.6. The smallest absolute Gasteiger partial charge is 0.379 e. The van der Waals surface area contributed by atoms with Crippen LogP contribution in [0.3, 0.4) is 0 Å². The molecular weight excluding hydrogens is 408 g/mol. The van der Waals surface area contributed by atoms with Crippen LogP contribution in [-0.2, 0) is 23.9 Å². The van der Waals surface area contributed by atoms with E-state index in [1.54, 1.807) is 24.3 Å². The fourth-order valence-corrected chi connectivity index (χ4v) is 4.38. The van der Waals surface area contributed by atoms with Crippen molar-refractivity contribution in [1.82, 2.24) is 0 Å². The van der Waals surface area contributed by atoms with Crippen LogP contribution in [0.5, 0.6) is 0 Å². The third-order valence-electron chi connectivity index (χ3n) is 7.06. The molecule has 1 unspecified atom stereocenters. The molecule has 0 spiro atoms. The third-order valence-corrected chi connectivity index (χ3v) is 7.06. The van der Waals surface area contributed by atoms with Crippen molar-refractivity contribution >= 4 is 23.5 Å². The summed E-state index contributed by atoms with van der Waals surface area (Å²) >= 11 is 0. The molecule has 1 fully saturated rings. The van der Waals surface area contributed by atoms with E-state index < -0.39 is 41.1 Å². The lowest BCUT2D eigenvalue weighted by Crippen LogP contribution is -2.49. The zero-order valence-corrected chi connectivity index (χ0v) is 20.0. The highest BCUT2D eigenvalue weighted by atomic mass is 16.6. The molecule has 0 saturated heterocycles. The Morgan fingerprint density at radius 3 is 2.03 bits per heavy atom. The second-order valence-electron chi connectivity index (χ2n) is 9.16. The number of carbonyl (C=O) groups is 4. The number of ketones is 2. The van der Waals surface area contributed by atoms with Gasteiger partial charge >= 0.3 is 11.9 Å². The van der Waals surface area contributed by atoms with Crippen LogP contribution >= 0.6 is 0 Å². The lowest BCUT2D eigenvalue weighted by atomic mass is 9.73. The Hall–Kier alpha value is -2.50. The van der Waals surface area contributed by atoms with Gasteiger partial charge in [0.25, 0.3) is 5.78 Å². The fourth-order valence-electron chi connectivity index (χ4n) is 4.38. The standard InChI is InChI=1S/C26H36O6/c1-6-26(7-2,21-11-9-8-10-12-21)32-24(30)25(5,19(4)27)17-31-23(29)22(28)20-15-13-18(3)14-16-20/h13-16,21H,6-12,17H2,1-5H3. The van der Waals surface area contributed by atoms with Gasteiger partial charge in [-0.1, -0.05) is 62.9 Å². The zero-order chi connectivity index (χ0) is 23.9. The van der Waals surface area contributed by atoms with Gasteiger partial charge in [-0.05, 0) is 52.4 Å². The number of esters is 2. The number of hydrogen-bond acceptors (Lipinski definition) is 6. The molecule has 0 amide bonds. The van der Waals surface area contributed by atoms with E-state index in [2.05, 4.69) is 0 Å². The monoisotopic (exact) mass is 444 g/mol. The van der Waals surface area contributed by atoms with E-state index in [0.29, 0.717) is 12.8 Å². The number of ether oxygens (including phenoxy) is 2. The van der Waals surface area contributed by atoms with E-state index in [0.717, 1.165) is 31.2 Å². The Bertz CT molecular complexity index is 830. The van der Waals surface area contributed by atoms with Crippen molar-refractivity contribution in [2.24, 2.45) is 11.3 Å². The van der Waals surface area contributed by atoms with Crippen molar-refractivity contribution in [3.63, 3.8) is 0 Å². The maximum Gasteiger partial charge on any atom is 0.379 e. The van der Waals surface area contributed by atoms with Crippen LogP contribution in [0.1, 0.15) is 88.6 Å².